The van der Waals surface area contributed by atoms with Crippen molar-refractivity contribution in [2.45, 2.75) is 19.9 Å². The Bertz CT molecular complexity index is 699. The van der Waals surface area contributed by atoms with Crippen molar-refractivity contribution in [1.29, 1.82) is 0 Å². The molecule has 0 aliphatic carbocycles. The highest BCUT2D eigenvalue weighted by Gasteiger charge is 2.20. The lowest BCUT2D eigenvalue weighted by atomic mass is 10.1. The van der Waals surface area contributed by atoms with Gasteiger partial charge in [-0.3, -0.25) is 9.59 Å². The Morgan fingerprint density at radius 3 is 2.43 bits per heavy atom. The van der Waals surface area contributed by atoms with Gasteiger partial charge in [-0.2, -0.15) is 0 Å². The number of aryl methyl sites for hydroxylation is 1. The van der Waals surface area contributed by atoms with Crippen LogP contribution in [-0.4, -0.2) is 18.4 Å². The number of hydrogen-bond acceptors (Lipinski definition) is 3. The zero-order chi connectivity index (χ0) is 16.8. The lowest BCUT2D eigenvalue weighted by molar-refractivity contribution is -0.128. The first-order valence-corrected chi connectivity index (χ1v) is 7.31. The first-order valence-electron chi connectivity index (χ1n) is 7.31. The van der Waals surface area contributed by atoms with Crippen molar-refractivity contribution in [3.05, 3.63) is 65.2 Å². The molecule has 0 saturated heterocycles. The Labute approximate surface area is 135 Å². The number of rotatable bonds is 6. The quantitative estimate of drug-likeness (QED) is 0.856. The molecule has 2 rings (SSSR count). The van der Waals surface area contributed by atoms with Gasteiger partial charge in [0.05, 0.1) is 0 Å². The van der Waals surface area contributed by atoms with Gasteiger partial charge >= 0.3 is 0 Å². The summed E-state index contributed by atoms with van der Waals surface area (Å²) in [6.07, 6.45) is 0. The van der Waals surface area contributed by atoms with Crippen molar-refractivity contribution in [3.8, 4) is 5.75 Å². The van der Waals surface area contributed by atoms with Crippen LogP contribution in [0.15, 0.2) is 48.5 Å². The van der Waals surface area contributed by atoms with Crippen molar-refractivity contribution < 1.29 is 14.3 Å². The second-order valence-electron chi connectivity index (χ2n) is 5.30. The number of carbonyl (C=O) groups excluding carboxylic acids is 2. The standard InChI is InChI=1S/C18H20N2O3/c1-12-7-6-10-15(13(12)2)23-11-16(21)20-17(18(19)22)14-8-4-3-5-9-14/h3-10,17H,11H2,1-2H3,(H2,19,22)(H,20,21)/t17-/m0/s1. The van der Waals surface area contributed by atoms with Crippen LogP contribution < -0.4 is 15.8 Å². The summed E-state index contributed by atoms with van der Waals surface area (Å²) >= 11 is 0. The first kappa shape index (κ1) is 16.5. The molecule has 0 bridgehead atoms. The number of hydrogen-bond donors (Lipinski definition) is 2. The molecule has 5 nitrogen and oxygen atoms in total. The highest BCUT2D eigenvalue weighted by atomic mass is 16.5. The van der Waals surface area contributed by atoms with Crippen molar-refractivity contribution in [2.24, 2.45) is 5.73 Å². The van der Waals surface area contributed by atoms with Crippen LogP contribution in [0.3, 0.4) is 0 Å². The fourth-order valence-electron chi connectivity index (χ4n) is 2.19. The average molecular weight is 312 g/mol. The molecule has 3 N–H and O–H groups in total. The number of carbonyl (C=O) groups is 2. The van der Waals surface area contributed by atoms with Gasteiger partial charge in [0, 0.05) is 0 Å². The zero-order valence-corrected chi connectivity index (χ0v) is 13.2. The van der Waals surface area contributed by atoms with Crippen LogP contribution in [0, 0.1) is 13.8 Å². The third-order valence-electron chi connectivity index (χ3n) is 3.64. The Balaban J connectivity index is 2.00. The molecule has 0 aromatic heterocycles. The predicted molar refractivity (Wildman–Crippen MR) is 87.9 cm³/mol. The average Bonchev–Trinajstić information content (AvgIpc) is 2.54. The normalized spacial score (nSPS) is 11.6. The summed E-state index contributed by atoms with van der Waals surface area (Å²) in [6.45, 7) is 3.72. The van der Waals surface area contributed by atoms with Gasteiger partial charge in [-0.05, 0) is 36.6 Å². The highest BCUT2D eigenvalue weighted by Crippen LogP contribution is 2.20. The molecule has 2 aromatic carbocycles. The maximum Gasteiger partial charge on any atom is 0.258 e. The predicted octanol–water partition coefficient (Wildman–Crippen LogP) is 2.03. The minimum absolute atomic E-state index is 0.180. The molecule has 5 heteroatoms. The van der Waals surface area contributed by atoms with Gasteiger partial charge in [0.2, 0.25) is 5.91 Å². The lowest BCUT2D eigenvalue weighted by Crippen LogP contribution is -2.39. The summed E-state index contributed by atoms with van der Waals surface area (Å²) in [6, 6.07) is 13.6. The molecular formula is C18H20N2O3. The minimum Gasteiger partial charge on any atom is -0.483 e. The molecular weight excluding hydrogens is 292 g/mol. The molecule has 23 heavy (non-hydrogen) atoms. The molecule has 2 amide bonds. The van der Waals surface area contributed by atoms with Crippen LogP contribution >= 0.6 is 0 Å². The number of nitrogens with two attached hydrogens (primary N) is 1. The number of ether oxygens (including phenoxy) is 1. The molecule has 0 aliphatic heterocycles. The third kappa shape index (κ3) is 4.32. The van der Waals surface area contributed by atoms with E-state index in [1.807, 2.05) is 32.0 Å². The van der Waals surface area contributed by atoms with E-state index in [0.717, 1.165) is 11.1 Å². The SMILES string of the molecule is Cc1cccc(OCC(=O)N[C@H](C(N)=O)c2ccccc2)c1C. The number of amides is 2. The number of nitrogens with one attached hydrogen (secondary N) is 1. The smallest absolute Gasteiger partial charge is 0.258 e. The monoisotopic (exact) mass is 312 g/mol. The van der Waals surface area contributed by atoms with Crippen molar-refractivity contribution in [1.82, 2.24) is 5.32 Å². The van der Waals surface area contributed by atoms with E-state index < -0.39 is 17.9 Å². The highest BCUT2D eigenvalue weighted by molar-refractivity contribution is 5.88. The maximum absolute atomic E-state index is 12.1. The summed E-state index contributed by atoms with van der Waals surface area (Å²) < 4.78 is 5.53. The molecule has 0 radical (unpaired) electrons. The van der Waals surface area contributed by atoms with Crippen molar-refractivity contribution >= 4 is 11.8 Å². The minimum atomic E-state index is -0.870. The Kier molecular flexibility index (Phi) is 5.36. The lowest BCUT2D eigenvalue weighted by Gasteiger charge is -2.16. The van der Waals surface area contributed by atoms with E-state index in [0.29, 0.717) is 11.3 Å². The zero-order valence-electron chi connectivity index (χ0n) is 13.2. The fourth-order valence-corrected chi connectivity index (χ4v) is 2.19. The van der Waals surface area contributed by atoms with E-state index >= 15 is 0 Å². The van der Waals surface area contributed by atoms with Gasteiger partial charge in [-0.25, -0.2) is 0 Å². The van der Waals surface area contributed by atoms with Gasteiger partial charge < -0.3 is 15.8 Å². The summed E-state index contributed by atoms with van der Waals surface area (Å²) in [7, 11) is 0. The maximum atomic E-state index is 12.1. The van der Waals surface area contributed by atoms with E-state index in [1.165, 1.54) is 0 Å². The summed E-state index contributed by atoms with van der Waals surface area (Å²) in [5.74, 6) is -0.370. The largest absolute Gasteiger partial charge is 0.483 e. The summed E-state index contributed by atoms with van der Waals surface area (Å²) in [4.78, 5) is 23.6. The van der Waals surface area contributed by atoms with Crippen LogP contribution in [0.25, 0.3) is 0 Å². The molecule has 0 fully saturated rings. The summed E-state index contributed by atoms with van der Waals surface area (Å²) in [5.41, 5.74) is 8.08. The Morgan fingerprint density at radius 1 is 1.09 bits per heavy atom. The van der Waals surface area contributed by atoms with Crippen molar-refractivity contribution in [2.75, 3.05) is 6.61 Å². The van der Waals surface area contributed by atoms with E-state index in [4.69, 9.17) is 10.5 Å². The van der Waals surface area contributed by atoms with Gasteiger partial charge in [-0.1, -0.05) is 42.5 Å². The topological polar surface area (TPSA) is 81.4 Å². The van der Waals surface area contributed by atoms with Crippen LogP contribution in [-0.2, 0) is 9.59 Å². The summed E-state index contributed by atoms with van der Waals surface area (Å²) in [5, 5.41) is 2.60. The third-order valence-corrected chi connectivity index (χ3v) is 3.64. The van der Waals surface area contributed by atoms with Gasteiger partial charge in [-0.15, -0.1) is 0 Å². The Hall–Kier alpha value is -2.82. The van der Waals surface area contributed by atoms with Crippen LogP contribution in [0.4, 0.5) is 0 Å². The number of primary amides is 1. The van der Waals surface area contributed by atoms with E-state index in [2.05, 4.69) is 5.32 Å². The van der Waals surface area contributed by atoms with E-state index in [-0.39, 0.29) is 6.61 Å². The fraction of sp³-hybridized carbons (Fsp3) is 0.222. The molecule has 120 valence electrons. The van der Waals surface area contributed by atoms with Crippen molar-refractivity contribution in [3.63, 3.8) is 0 Å². The van der Waals surface area contributed by atoms with Crippen LogP contribution in [0.1, 0.15) is 22.7 Å². The second-order valence-corrected chi connectivity index (χ2v) is 5.30. The van der Waals surface area contributed by atoms with Crippen LogP contribution in [0.2, 0.25) is 0 Å². The molecule has 0 saturated carbocycles. The molecule has 0 unspecified atom stereocenters. The van der Waals surface area contributed by atoms with Gasteiger partial charge in [0.1, 0.15) is 11.8 Å². The Morgan fingerprint density at radius 2 is 1.78 bits per heavy atom. The van der Waals surface area contributed by atoms with E-state index in [1.54, 1.807) is 30.3 Å². The molecule has 0 aliphatic rings. The first-order chi connectivity index (χ1) is 11.0. The van der Waals surface area contributed by atoms with Gasteiger partial charge in [0.25, 0.3) is 5.91 Å². The number of benzene rings is 2. The molecule has 1 atom stereocenters. The molecule has 2 aromatic rings. The molecule has 0 spiro atoms. The van der Waals surface area contributed by atoms with E-state index in [9.17, 15) is 9.59 Å². The van der Waals surface area contributed by atoms with Crippen LogP contribution in [0.5, 0.6) is 5.75 Å². The second kappa shape index (κ2) is 7.45. The van der Waals surface area contributed by atoms with Gasteiger partial charge in [0.15, 0.2) is 6.61 Å². The molecule has 0 heterocycles.